The average molecular weight is 285 g/mol. The van der Waals surface area contributed by atoms with Gasteiger partial charge in [0.15, 0.2) is 0 Å². The van der Waals surface area contributed by atoms with Crippen molar-refractivity contribution in [2.45, 2.75) is 25.0 Å². The third-order valence-electron chi connectivity index (χ3n) is 3.39. The van der Waals surface area contributed by atoms with Crippen LogP contribution < -0.4 is 10.5 Å². The number of likely N-dealkylation sites (tertiary alicyclic amines) is 1. The number of aliphatic hydroxyl groups excluding tert-OH is 1. The second-order valence-electron chi connectivity index (χ2n) is 4.96. The standard InChI is InChI=1S/C14H21ClN2O2/c15-11-1-3-13(4-2-11)19-14-5-7-17(8-6-14)10-12(18)9-16/h1-4,12,14,18H,5-10,16H2. The summed E-state index contributed by atoms with van der Waals surface area (Å²) in [4.78, 5) is 2.24. The molecule has 4 nitrogen and oxygen atoms in total. The van der Waals surface area contributed by atoms with Crippen molar-refractivity contribution in [2.75, 3.05) is 26.2 Å². The van der Waals surface area contributed by atoms with Crippen molar-refractivity contribution in [1.82, 2.24) is 4.90 Å². The first-order valence-electron chi connectivity index (χ1n) is 6.70. The first-order chi connectivity index (χ1) is 9.17. The molecule has 2 rings (SSSR count). The van der Waals surface area contributed by atoms with Crippen molar-refractivity contribution in [1.29, 1.82) is 0 Å². The Morgan fingerprint density at radius 3 is 2.53 bits per heavy atom. The molecule has 0 bridgehead atoms. The number of hydrogen-bond acceptors (Lipinski definition) is 4. The molecule has 1 aromatic carbocycles. The molecule has 0 amide bonds. The topological polar surface area (TPSA) is 58.7 Å². The van der Waals surface area contributed by atoms with Crippen LogP contribution in [-0.2, 0) is 0 Å². The van der Waals surface area contributed by atoms with Crippen LogP contribution in [0.2, 0.25) is 5.02 Å². The number of halogens is 1. The van der Waals surface area contributed by atoms with E-state index in [2.05, 4.69) is 4.90 Å². The lowest BCUT2D eigenvalue weighted by Crippen LogP contribution is -2.43. The molecule has 0 aromatic heterocycles. The summed E-state index contributed by atoms with van der Waals surface area (Å²) < 4.78 is 5.92. The summed E-state index contributed by atoms with van der Waals surface area (Å²) in [6.45, 7) is 2.86. The van der Waals surface area contributed by atoms with E-state index in [1.54, 1.807) is 0 Å². The summed E-state index contributed by atoms with van der Waals surface area (Å²) in [6.07, 6.45) is 1.76. The summed E-state index contributed by atoms with van der Waals surface area (Å²) >= 11 is 5.84. The van der Waals surface area contributed by atoms with Crippen molar-refractivity contribution in [2.24, 2.45) is 5.73 Å². The summed E-state index contributed by atoms with van der Waals surface area (Å²) in [5.74, 6) is 0.866. The van der Waals surface area contributed by atoms with E-state index >= 15 is 0 Å². The minimum Gasteiger partial charge on any atom is -0.490 e. The molecule has 5 heteroatoms. The smallest absolute Gasteiger partial charge is 0.119 e. The fourth-order valence-electron chi connectivity index (χ4n) is 2.29. The van der Waals surface area contributed by atoms with Gasteiger partial charge in [0.25, 0.3) is 0 Å². The Bertz CT molecular complexity index is 378. The first-order valence-corrected chi connectivity index (χ1v) is 7.08. The van der Waals surface area contributed by atoms with E-state index in [-0.39, 0.29) is 6.10 Å². The molecular formula is C14H21ClN2O2. The van der Waals surface area contributed by atoms with Gasteiger partial charge in [-0.15, -0.1) is 0 Å². The van der Waals surface area contributed by atoms with Gasteiger partial charge in [0.2, 0.25) is 0 Å². The van der Waals surface area contributed by atoms with Crippen LogP contribution in [0.1, 0.15) is 12.8 Å². The van der Waals surface area contributed by atoms with Crippen molar-refractivity contribution < 1.29 is 9.84 Å². The molecule has 1 aliphatic rings. The molecule has 0 radical (unpaired) electrons. The second kappa shape index (κ2) is 7.10. The normalized spacial score (nSPS) is 19.3. The van der Waals surface area contributed by atoms with Gasteiger partial charge in [-0.1, -0.05) is 11.6 Å². The molecule has 0 spiro atoms. The van der Waals surface area contributed by atoms with E-state index < -0.39 is 6.10 Å². The van der Waals surface area contributed by atoms with Crippen molar-refractivity contribution in [3.8, 4) is 5.75 Å². The average Bonchev–Trinajstić information content (AvgIpc) is 2.43. The van der Waals surface area contributed by atoms with Crippen LogP contribution in [0.4, 0.5) is 0 Å². The van der Waals surface area contributed by atoms with Crippen molar-refractivity contribution in [3.05, 3.63) is 29.3 Å². The maximum atomic E-state index is 9.53. The Morgan fingerprint density at radius 2 is 1.95 bits per heavy atom. The lowest BCUT2D eigenvalue weighted by atomic mass is 10.1. The zero-order chi connectivity index (χ0) is 13.7. The van der Waals surface area contributed by atoms with Gasteiger partial charge in [-0.25, -0.2) is 0 Å². The van der Waals surface area contributed by atoms with Crippen molar-refractivity contribution >= 4 is 11.6 Å². The maximum absolute atomic E-state index is 9.53. The van der Waals surface area contributed by atoms with E-state index in [0.717, 1.165) is 36.7 Å². The summed E-state index contributed by atoms with van der Waals surface area (Å²) in [5, 5.41) is 10.2. The SMILES string of the molecule is NCC(O)CN1CCC(Oc2ccc(Cl)cc2)CC1. The number of nitrogens with two attached hydrogens (primary N) is 1. The molecule has 1 aromatic rings. The molecular weight excluding hydrogens is 264 g/mol. The second-order valence-corrected chi connectivity index (χ2v) is 5.40. The predicted molar refractivity (Wildman–Crippen MR) is 76.6 cm³/mol. The van der Waals surface area contributed by atoms with Gasteiger partial charge in [-0.05, 0) is 37.1 Å². The van der Waals surface area contributed by atoms with Crippen molar-refractivity contribution in [3.63, 3.8) is 0 Å². The number of hydrogen-bond donors (Lipinski definition) is 2. The fourth-order valence-corrected chi connectivity index (χ4v) is 2.41. The molecule has 1 unspecified atom stereocenters. The summed E-state index contributed by atoms with van der Waals surface area (Å²) in [6, 6.07) is 7.47. The molecule has 1 atom stereocenters. The highest BCUT2D eigenvalue weighted by atomic mass is 35.5. The van der Waals surface area contributed by atoms with Crippen LogP contribution in [0.3, 0.4) is 0 Å². The molecule has 1 heterocycles. The molecule has 1 aliphatic heterocycles. The quantitative estimate of drug-likeness (QED) is 0.860. The Kier molecular flexibility index (Phi) is 5.45. The van der Waals surface area contributed by atoms with Crippen LogP contribution in [0.5, 0.6) is 5.75 Å². The van der Waals surface area contributed by atoms with Crippen LogP contribution in [0.15, 0.2) is 24.3 Å². The number of β-amino-alcohol motifs (C(OH)–C–C–N with tert-alkyl or cyclic N) is 1. The van der Waals surface area contributed by atoms with Gasteiger partial charge in [0, 0.05) is 31.2 Å². The monoisotopic (exact) mass is 284 g/mol. The number of nitrogens with zero attached hydrogens (tertiary/aromatic N) is 1. The molecule has 3 N–H and O–H groups in total. The zero-order valence-corrected chi connectivity index (χ0v) is 11.7. The summed E-state index contributed by atoms with van der Waals surface area (Å²) in [5.41, 5.74) is 5.42. The predicted octanol–water partition coefficient (Wildman–Crippen LogP) is 1.50. The fraction of sp³-hybridized carbons (Fsp3) is 0.571. The first kappa shape index (κ1) is 14.6. The van der Waals surface area contributed by atoms with Gasteiger partial charge in [0.05, 0.1) is 6.10 Å². The van der Waals surface area contributed by atoms with Gasteiger partial charge in [0.1, 0.15) is 11.9 Å². The molecule has 1 saturated heterocycles. The van der Waals surface area contributed by atoms with Gasteiger partial charge in [-0.3, -0.25) is 0 Å². The number of ether oxygens (including phenoxy) is 1. The van der Waals surface area contributed by atoms with E-state index in [1.807, 2.05) is 24.3 Å². The summed E-state index contributed by atoms with van der Waals surface area (Å²) in [7, 11) is 0. The highest BCUT2D eigenvalue weighted by molar-refractivity contribution is 6.30. The van der Waals surface area contributed by atoms with Gasteiger partial charge < -0.3 is 20.5 Å². The Hall–Kier alpha value is -0.810. The minimum atomic E-state index is -0.422. The maximum Gasteiger partial charge on any atom is 0.119 e. The van der Waals surface area contributed by atoms with Crippen LogP contribution in [-0.4, -0.2) is 48.4 Å². The third-order valence-corrected chi connectivity index (χ3v) is 3.64. The number of benzene rings is 1. The minimum absolute atomic E-state index is 0.243. The van der Waals surface area contributed by atoms with Crippen LogP contribution in [0.25, 0.3) is 0 Å². The van der Waals surface area contributed by atoms with E-state index in [4.69, 9.17) is 22.1 Å². The molecule has 106 valence electrons. The zero-order valence-electron chi connectivity index (χ0n) is 11.0. The van der Waals surface area contributed by atoms with Crippen LogP contribution in [0, 0.1) is 0 Å². The molecule has 0 saturated carbocycles. The largest absolute Gasteiger partial charge is 0.490 e. The number of aliphatic hydroxyl groups is 1. The van der Waals surface area contributed by atoms with E-state index in [1.165, 1.54) is 0 Å². The highest BCUT2D eigenvalue weighted by Crippen LogP contribution is 2.21. The Balaban J connectivity index is 1.75. The molecule has 0 aliphatic carbocycles. The van der Waals surface area contributed by atoms with Crippen LogP contribution >= 0.6 is 11.6 Å². The number of rotatable bonds is 5. The third kappa shape index (κ3) is 4.66. The number of piperidine rings is 1. The Morgan fingerprint density at radius 1 is 1.32 bits per heavy atom. The highest BCUT2D eigenvalue weighted by Gasteiger charge is 2.21. The van der Waals surface area contributed by atoms with Gasteiger partial charge in [-0.2, -0.15) is 0 Å². The molecule has 19 heavy (non-hydrogen) atoms. The molecule has 1 fully saturated rings. The van der Waals surface area contributed by atoms with Gasteiger partial charge >= 0.3 is 0 Å². The lowest BCUT2D eigenvalue weighted by Gasteiger charge is -2.33. The Labute approximate surface area is 119 Å². The van der Waals surface area contributed by atoms with E-state index in [9.17, 15) is 5.11 Å². The lowest BCUT2D eigenvalue weighted by molar-refractivity contribution is 0.0641. The van der Waals surface area contributed by atoms with E-state index in [0.29, 0.717) is 13.1 Å².